The Morgan fingerprint density at radius 2 is 1.23 bits per heavy atom. The third kappa shape index (κ3) is 4.45. The fraction of sp³-hybridized carbons (Fsp3) is 0.0345. The molecule has 6 rings (SSSR count). The van der Waals surface area contributed by atoms with E-state index in [0.29, 0.717) is 5.39 Å². The lowest BCUT2D eigenvalue weighted by molar-refractivity contribution is 0.416. The molecule has 0 amide bonds. The average molecular weight is 592 g/mol. The minimum absolute atomic E-state index is 0.0387. The smallest absolute Gasteiger partial charge is 0.295 e. The number of rotatable bonds is 3. The summed E-state index contributed by atoms with van der Waals surface area (Å²) in [4.78, 5) is -0.0387. The third-order valence-corrected chi connectivity index (χ3v) is 7.89. The summed E-state index contributed by atoms with van der Waals surface area (Å²) in [5.41, 5.74) is 2.36. The lowest BCUT2D eigenvalue weighted by Crippen LogP contribution is -1.99. The van der Waals surface area contributed by atoms with Crippen LogP contribution in [0.15, 0.2) is 108 Å². The Morgan fingerprint density at radius 1 is 0.657 bits per heavy atom. The second-order valence-corrected chi connectivity index (χ2v) is 10.6. The maximum absolute atomic E-state index is 11.5. The van der Waals surface area contributed by atoms with Crippen molar-refractivity contribution >= 4 is 65.0 Å². The van der Waals surface area contributed by atoms with E-state index in [1.165, 1.54) is 15.2 Å². The van der Waals surface area contributed by atoms with Gasteiger partial charge in [-0.3, -0.25) is 4.55 Å². The van der Waals surface area contributed by atoms with Crippen LogP contribution in [0, 0.1) is 3.57 Å². The Morgan fingerprint density at radius 3 is 1.89 bits per heavy atom. The summed E-state index contributed by atoms with van der Waals surface area (Å²) in [5, 5.41) is 5.58. The standard InChI is InChI=1S/C16H10O3S.C13H11IO/c17-20(18,19)14-9-7-12-5-4-10-2-1-3-11-6-8-13(14)16(12)15(10)11;1-15-13-9-5-3-7-11(13)10-6-2-4-8-12(10)14/h1-9H,(H,17,18,19);2-9H,1H3. The fourth-order valence-electron chi connectivity index (χ4n) is 4.48. The summed E-state index contributed by atoms with van der Waals surface area (Å²) in [6.45, 7) is 0. The van der Waals surface area contributed by atoms with E-state index in [9.17, 15) is 13.0 Å². The average Bonchev–Trinajstić information content (AvgIpc) is 2.87. The second-order valence-electron chi connectivity index (χ2n) is 8.07. The number of halogens is 1. The van der Waals surface area contributed by atoms with Crippen LogP contribution in [0.3, 0.4) is 0 Å². The first kappa shape index (κ1) is 23.5. The molecule has 0 aliphatic carbocycles. The summed E-state index contributed by atoms with van der Waals surface area (Å²) < 4.78 is 39.0. The summed E-state index contributed by atoms with van der Waals surface area (Å²) in [7, 11) is -2.52. The van der Waals surface area contributed by atoms with Gasteiger partial charge in [0.15, 0.2) is 0 Å². The van der Waals surface area contributed by atoms with E-state index in [1.807, 2.05) is 66.7 Å². The first-order valence-corrected chi connectivity index (χ1v) is 13.4. The molecule has 174 valence electrons. The minimum atomic E-state index is -4.23. The molecule has 0 fully saturated rings. The van der Waals surface area contributed by atoms with Crippen molar-refractivity contribution in [1.82, 2.24) is 0 Å². The van der Waals surface area contributed by atoms with Gasteiger partial charge in [0.1, 0.15) is 10.6 Å². The lowest BCUT2D eigenvalue weighted by Gasteiger charge is -2.12. The van der Waals surface area contributed by atoms with Crippen LogP contribution in [0.4, 0.5) is 0 Å². The molecule has 6 aromatic rings. The van der Waals surface area contributed by atoms with Crippen LogP contribution >= 0.6 is 22.6 Å². The maximum Gasteiger partial charge on any atom is 0.295 e. The van der Waals surface area contributed by atoms with Gasteiger partial charge in [0.25, 0.3) is 10.1 Å². The van der Waals surface area contributed by atoms with Gasteiger partial charge in [-0.2, -0.15) is 8.42 Å². The first-order valence-electron chi connectivity index (χ1n) is 10.9. The van der Waals surface area contributed by atoms with Crippen molar-refractivity contribution in [2.24, 2.45) is 0 Å². The molecule has 0 saturated heterocycles. The van der Waals surface area contributed by atoms with Crippen LogP contribution in [-0.4, -0.2) is 20.1 Å². The zero-order valence-corrected chi connectivity index (χ0v) is 21.7. The molecule has 1 N–H and O–H groups in total. The van der Waals surface area contributed by atoms with E-state index in [0.717, 1.165) is 38.2 Å². The van der Waals surface area contributed by atoms with E-state index in [-0.39, 0.29) is 4.90 Å². The Bertz CT molecular complexity index is 1760. The van der Waals surface area contributed by atoms with Crippen LogP contribution in [-0.2, 0) is 10.1 Å². The van der Waals surface area contributed by atoms with Gasteiger partial charge in [-0.1, -0.05) is 84.9 Å². The van der Waals surface area contributed by atoms with Crippen LogP contribution in [0.5, 0.6) is 5.75 Å². The van der Waals surface area contributed by atoms with Crippen molar-refractivity contribution in [2.45, 2.75) is 4.90 Å². The van der Waals surface area contributed by atoms with Crippen molar-refractivity contribution in [3.8, 4) is 16.9 Å². The monoisotopic (exact) mass is 592 g/mol. The molecule has 0 radical (unpaired) electrons. The van der Waals surface area contributed by atoms with Crippen molar-refractivity contribution in [1.29, 1.82) is 0 Å². The zero-order chi connectivity index (χ0) is 24.6. The highest BCUT2D eigenvalue weighted by Gasteiger charge is 2.17. The van der Waals surface area contributed by atoms with Crippen LogP contribution in [0.25, 0.3) is 43.4 Å². The van der Waals surface area contributed by atoms with Gasteiger partial charge in [0.05, 0.1) is 7.11 Å². The fourth-order valence-corrected chi connectivity index (χ4v) is 5.85. The molecule has 0 unspecified atom stereocenters. The normalized spacial score (nSPS) is 11.5. The molecule has 6 aromatic carbocycles. The molecule has 0 aliphatic rings. The Labute approximate surface area is 217 Å². The van der Waals surface area contributed by atoms with Crippen LogP contribution in [0.2, 0.25) is 0 Å². The number of hydrogen-bond acceptors (Lipinski definition) is 3. The molecule has 0 heterocycles. The SMILES string of the molecule is COc1ccccc1-c1ccccc1I.O=S(=O)(O)c1ccc2ccc3cccc4ccc1c2c34. The third-order valence-electron chi connectivity index (χ3n) is 6.04. The molecule has 0 atom stereocenters. The van der Waals surface area contributed by atoms with Crippen molar-refractivity contribution in [2.75, 3.05) is 7.11 Å². The van der Waals surface area contributed by atoms with Gasteiger partial charge in [0, 0.05) is 14.5 Å². The highest BCUT2D eigenvalue weighted by molar-refractivity contribution is 14.1. The van der Waals surface area contributed by atoms with E-state index in [4.69, 9.17) is 4.74 Å². The molecule has 0 spiro atoms. The first-order chi connectivity index (χ1) is 16.9. The van der Waals surface area contributed by atoms with Crippen molar-refractivity contribution in [3.05, 3.63) is 107 Å². The number of hydrogen-bond donors (Lipinski definition) is 1. The molecule has 0 aliphatic heterocycles. The maximum atomic E-state index is 11.5. The molecule has 0 saturated carbocycles. The number of para-hydroxylation sites is 1. The van der Waals surface area contributed by atoms with E-state index in [2.05, 4.69) is 40.8 Å². The minimum Gasteiger partial charge on any atom is -0.496 e. The van der Waals surface area contributed by atoms with Crippen molar-refractivity contribution < 1.29 is 17.7 Å². The van der Waals surface area contributed by atoms with E-state index >= 15 is 0 Å². The van der Waals surface area contributed by atoms with Gasteiger partial charge >= 0.3 is 0 Å². The predicted octanol–water partition coefficient (Wildman–Crippen LogP) is 7.80. The highest BCUT2D eigenvalue weighted by Crippen LogP contribution is 2.37. The highest BCUT2D eigenvalue weighted by atomic mass is 127. The van der Waals surface area contributed by atoms with Crippen LogP contribution < -0.4 is 4.74 Å². The lowest BCUT2D eigenvalue weighted by atomic mass is 9.94. The van der Waals surface area contributed by atoms with Crippen LogP contribution in [0.1, 0.15) is 0 Å². The summed E-state index contributed by atoms with van der Waals surface area (Å²) in [5.74, 6) is 0.918. The molecule has 35 heavy (non-hydrogen) atoms. The second kappa shape index (κ2) is 9.45. The molecule has 0 bridgehead atoms. The Kier molecular flexibility index (Phi) is 6.35. The van der Waals surface area contributed by atoms with Gasteiger partial charge < -0.3 is 4.74 Å². The van der Waals surface area contributed by atoms with E-state index in [1.54, 1.807) is 19.2 Å². The summed E-state index contributed by atoms with van der Waals surface area (Å²) >= 11 is 2.34. The summed E-state index contributed by atoms with van der Waals surface area (Å²) in [6.07, 6.45) is 0. The quantitative estimate of drug-likeness (QED) is 0.129. The molecule has 6 heteroatoms. The van der Waals surface area contributed by atoms with Gasteiger partial charge in [-0.25, -0.2) is 0 Å². The molecule has 4 nitrogen and oxygen atoms in total. The molecule has 0 aromatic heterocycles. The van der Waals surface area contributed by atoms with Gasteiger partial charge in [-0.15, -0.1) is 0 Å². The Hall–Kier alpha value is -3.20. The van der Waals surface area contributed by atoms with Gasteiger partial charge in [-0.05, 0) is 73.3 Å². The number of ether oxygens (including phenoxy) is 1. The zero-order valence-electron chi connectivity index (χ0n) is 18.8. The Balaban J connectivity index is 0.000000152. The summed E-state index contributed by atoms with van der Waals surface area (Å²) in [6, 6.07) is 33.2. The van der Waals surface area contributed by atoms with E-state index < -0.39 is 10.1 Å². The number of benzene rings is 6. The van der Waals surface area contributed by atoms with Gasteiger partial charge in [0.2, 0.25) is 0 Å². The molecular weight excluding hydrogens is 571 g/mol. The predicted molar refractivity (Wildman–Crippen MR) is 151 cm³/mol. The topological polar surface area (TPSA) is 63.6 Å². The molecular formula is C29H21IO4S. The number of methoxy groups -OCH3 is 1. The largest absolute Gasteiger partial charge is 0.496 e. The van der Waals surface area contributed by atoms with Crippen molar-refractivity contribution in [3.63, 3.8) is 0 Å².